The molecule has 1 spiro atoms. The number of pyridine rings is 1. The van der Waals surface area contributed by atoms with Gasteiger partial charge in [-0.15, -0.1) is 0 Å². The van der Waals surface area contributed by atoms with Crippen LogP contribution in [0.25, 0.3) is 11.0 Å². The summed E-state index contributed by atoms with van der Waals surface area (Å²) in [6, 6.07) is 12.5. The van der Waals surface area contributed by atoms with Crippen molar-refractivity contribution in [1.82, 2.24) is 19.9 Å². The van der Waals surface area contributed by atoms with Gasteiger partial charge < -0.3 is 4.90 Å². The van der Waals surface area contributed by atoms with Gasteiger partial charge in [-0.1, -0.05) is 12.1 Å². The second-order valence-electron chi connectivity index (χ2n) is 8.82. The van der Waals surface area contributed by atoms with E-state index in [-0.39, 0.29) is 0 Å². The summed E-state index contributed by atoms with van der Waals surface area (Å²) in [6.45, 7) is 7.70. The number of para-hydroxylation sites is 2. The van der Waals surface area contributed by atoms with Gasteiger partial charge in [-0.25, -0.2) is 4.98 Å². The Morgan fingerprint density at radius 3 is 2.62 bits per heavy atom. The summed E-state index contributed by atoms with van der Waals surface area (Å²) >= 11 is 0. The lowest BCUT2D eigenvalue weighted by Gasteiger charge is -2.48. The molecule has 0 amide bonds. The summed E-state index contributed by atoms with van der Waals surface area (Å²) in [4.78, 5) is 18.9. The Morgan fingerprint density at radius 2 is 1.79 bits per heavy atom. The third-order valence-electron chi connectivity index (χ3n) is 6.69. The Balaban J connectivity index is 1.25. The van der Waals surface area contributed by atoms with Crippen molar-refractivity contribution in [3.63, 3.8) is 0 Å². The molecular formula is C24H29N5. The predicted octanol–water partition coefficient (Wildman–Crippen LogP) is 4.22. The van der Waals surface area contributed by atoms with Crippen LogP contribution < -0.4 is 4.90 Å². The fourth-order valence-corrected chi connectivity index (χ4v) is 5.12. The quantitative estimate of drug-likeness (QED) is 0.673. The Bertz CT molecular complexity index is 993. The van der Waals surface area contributed by atoms with Crippen LogP contribution in [0, 0.1) is 12.3 Å². The molecule has 0 saturated carbocycles. The van der Waals surface area contributed by atoms with Crippen LogP contribution >= 0.6 is 0 Å². The molecule has 0 radical (unpaired) electrons. The molecule has 4 heterocycles. The standard InChI is InChI=1S/C24H29N5/c1-19-15-20(7-11-25-19)17-28-12-4-8-24(18-28)9-13-29(14-10-24)23-16-26-21-5-2-3-6-22(21)27-23/h2-3,5-7,11,15-16H,4,8-10,12-14,17-18H2,1H3. The van der Waals surface area contributed by atoms with Crippen molar-refractivity contribution in [2.75, 3.05) is 31.1 Å². The molecule has 0 N–H and O–H groups in total. The monoisotopic (exact) mass is 387 g/mol. The van der Waals surface area contributed by atoms with Gasteiger partial charge >= 0.3 is 0 Å². The normalized spacial score (nSPS) is 19.7. The van der Waals surface area contributed by atoms with Crippen molar-refractivity contribution in [3.05, 3.63) is 60.0 Å². The van der Waals surface area contributed by atoms with E-state index in [1.807, 2.05) is 30.6 Å². The van der Waals surface area contributed by atoms with Gasteiger partial charge in [0.1, 0.15) is 5.82 Å². The van der Waals surface area contributed by atoms with Crippen LogP contribution in [0.3, 0.4) is 0 Å². The van der Waals surface area contributed by atoms with Gasteiger partial charge in [0, 0.05) is 38.1 Å². The van der Waals surface area contributed by atoms with E-state index in [0.29, 0.717) is 5.41 Å². The van der Waals surface area contributed by atoms with Crippen LogP contribution in [-0.4, -0.2) is 46.0 Å². The molecule has 5 nitrogen and oxygen atoms in total. The Morgan fingerprint density at radius 1 is 0.966 bits per heavy atom. The largest absolute Gasteiger partial charge is 0.355 e. The van der Waals surface area contributed by atoms with E-state index in [1.165, 1.54) is 44.3 Å². The van der Waals surface area contributed by atoms with Gasteiger partial charge in [0.25, 0.3) is 0 Å². The number of anilines is 1. The van der Waals surface area contributed by atoms with Crippen molar-refractivity contribution < 1.29 is 0 Å². The third kappa shape index (κ3) is 3.97. The van der Waals surface area contributed by atoms with Gasteiger partial charge in [0.2, 0.25) is 0 Å². The maximum absolute atomic E-state index is 4.86. The smallest absolute Gasteiger partial charge is 0.147 e. The van der Waals surface area contributed by atoms with Crippen LogP contribution in [-0.2, 0) is 6.54 Å². The van der Waals surface area contributed by atoms with E-state index in [4.69, 9.17) is 4.98 Å². The molecule has 150 valence electrons. The number of nitrogens with zero attached hydrogens (tertiary/aromatic N) is 5. The van der Waals surface area contributed by atoms with E-state index in [0.717, 1.165) is 42.2 Å². The number of aromatic nitrogens is 3. The zero-order valence-corrected chi connectivity index (χ0v) is 17.2. The first-order valence-corrected chi connectivity index (χ1v) is 10.8. The predicted molar refractivity (Wildman–Crippen MR) is 117 cm³/mol. The third-order valence-corrected chi connectivity index (χ3v) is 6.69. The fraction of sp³-hybridized carbons (Fsp3) is 0.458. The summed E-state index contributed by atoms with van der Waals surface area (Å²) in [5.74, 6) is 1.03. The molecule has 2 aliphatic rings. The minimum absolute atomic E-state index is 0.459. The molecule has 2 saturated heterocycles. The molecule has 0 unspecified atom stereocenters. The van der Waals surface area contributed by atoms with Gasteiger partial charge in [0.15, 0.2) is 0 Å². The van der Waals surface area contributed by atoms with Crippen LogP contribution in [0.4, 0.5) is 5.82 Å². The van der Waals surface area contributed by atoms with Crippen molar-refractivity contribution in [2.24, 2.45) is 5.41 Å². The number of benzene rings is 1. The lowest BCUT2D eigenvalue weighted by atomic mass is 9.72. The molecule has 2 aliphatic heterocycles. The molecule has 5 heteroatoms. The topological polar surface area (TPSA) is 45.2 Å². The summed E-state index contributed by atoms with van der Waals surface area (Å²) in [6.07, 6.45) is 9.03. The minimum atomic E-state index is 0.459. The average molecular weight is 388 g/mol. The summed E-state index contributed by atoms with van der Waals surface area (Å²) in [5, 5.41) is 0. The second kappa shape index (κ2) is 7.71. The summed E-state index contributed by atoms with van der Waals surface area (Å²) in [5.41, 5.74) is 4.92. The van der Waals surface area contributed by atoms with E-state index in [1.54, 1.807) is 0 Å². The number of rotatable bonds is 3. The molecule has 1 aromatic carbocycles. The fourth-order valence-electron chi connectivity index (χ4n) is 5.12. The molecule has 0 atom stereocenters. The summed E-state index contributed by atoms with van der Waals surface area (Å²) < 4.78 is 0. The molecule has 3 aromatic rings. The number of piperidine rings is 2. The SMILES string of the molecule is Cc1cc(CN2CCCC3(CCN(c4cnc5ccccc5n4)CC3)C2)ccn1. The highest BCUT2D eigenvalue weighted by molar-refractivity contribution is 5.75. The summed E-state index contributed by atoms with van der Waals surface area (Å²) in [7, 11) is 0. The van der Waals surface area contributed by atoms with Crippen LogP contribution in [0.5, 0.6) is 0 Å². The Hall–Kier alpha value is -2.53. The number of fused-ring (bicyclic) bond motifs is 1. The first-order valence-electron chi connectivity index (χ1n) is 10.8. The molecular weight excluding hydrogens is 358 g/mol. The van der Waals surface area contributed by atoms with Crippen LogP contribution in [0.15, 0.2) is 48.8 Å². The molecule has 2 fully saturated rings. The van der Waals surface area contributed by atoms with E-state index in [2.05, 4.69) is 44.9 Å². The first-order chi connectivity index (χ1) is 14.2. The zero-order chi connectivity index (χ0) is 19.7. The zero-order valence-electron chi connectivity index (χ0n) is 17.2. The van der Waals surface area contributed by atoms with Crippen molar-refractivity contribution in [1.29, 1.82) is 0 Å². The van der Waals surface area contributed by atoms with Gasteiger partial charge in [-0.2, -0.15) is 0 Å². The van der Waals surface area contributed by atoms with E-state index >= 15 is 0 Å². The van der Waals surface area contributed by atoms with Crippen molar-refractivity contribution >= 4 is 16.9 Å². The number of aryl methyl sites for hydroxylation is 1. The highest BCUT2D eigenvalue weighted by atomic mass is 15.2. The number of hydrogen-bond donors (Lipinski definition) is 0. The maximum atomic E-state index is 4.86. The molecule has 5 rings (SSSR count). The highest BCUT2D eigenvalue weighted by Crippen LogP contribution is 2.41. The van der Waals surface area contributed by atoms with Crippen molar-refractivity contribution in [2.45, 2.75) is 39.2 Å². The van der Waals surface area contributed by atoms with E-state index < -0.39 is 0 Å². The number of likely N-dealkylation sites (tertiary alicyclic amines) is 1. The first kappa shape index (κ1) is 18.5. The molecule has 2 aromatic heterocycles. The van der Waals surface area contributed by atoms with Gasteiger partial charge in [-0.3, -0.25) is 14.9 Å². The highest BCUT2D eigenvalue weighted by Gasteiger charge is 2.38. The van der Waals surface area contributed by atoms with Gasteiger partial charge in [0.05, 0.1) is 17.2 Å². The van der Waals surface area contributed by atoms with E-state index in [9.17, 15) is 0 Å². The molecule has 0 bridgehead atoms. The lowest BCUT2D eigenvalue weighted by Crippen LogP contribution is -2.49. The number of hydrogen-bond acceptors (Lipinski definition) is 5. The average Bonchev–Trinajstić information content (AvgIpc) is 2.74. The second-order valence-corrected chi connectivity index (χ2v) is 8.82. The van der Waals surface area contributed by atoms with Crippen LogP contribution in [0.2, 0.25) is 0 Å². The molecule has 29 heavy (non-hydrogen) atoms. The van der Waals surface area contributed by atoms with Gasteiger partial charge in [-0.05, 0) is 74.4 Å². The maximum Gasteiger partial charge on any atom is 0.147 e. The minimum Gasteiger partial charge on any atom is -0.355 e. The lowest BCUT2D eigenvalue weighted by molar-refractivity contribution is 0.0604. The Kier molecular flexibility index (Phi) is 4.92. The Labute approximate surface area is 172 Å². The molecule has 0 aliphatic carbocycles. The van der Waals surface area contributed by atoms with Crippen LogP contribution in [0.1, 0.15) is 36.9 Å². The van der Waals surface area contributed by atoms with Crippen molar-refractivity contribution in [3.8, 4) is 0 Å².